The number of nitro groups is 1. The molecule has 0 saturated carbocycles. The number of carbonyl (C=O) groups is 3. The van der Waals surface area contributed by atoms with Crippen LogP contribution < -0.4 is 0 Å². The molecule has 0 aromatic heterocycles. The number of amides is 1. The Kier molecular flexibility index (Phi) is 4.95. The molecule has 0 aliphatic heterocycles. The molecule has 0 unspecified atom stereocenters. The number of nitro benzene ring substituents is 1. The van der Waals surface area contributed by atoms with Crippen molar-refractivity contribution < 1.29 is 29.5 Å². The fourth-order valence-electron chi connectivity index (χ4n) is 1.65. The van der Waals surface area contributed by atoms with E-state index in [9.17, 15) is 24.5 Å². The molecule has 0 saturated heterocycles. The van der Waals surface area contributed by atoms with E-state index >= 15 is 0 Å². The number of carbonyl (C=O) groups excluding carboxylic acids is 1. The third kappa shape index (κ3) is 4.27. The highest BCUT2D eigenvalue weighted by atomic mass is 16.6. The minimum atomic E-state index is -1.38. The molecule has 1 rings (SSSR count). The summed E-state index contributed by atoms with van der Waals surface area (Å²) in [5, 5.41) is 28.2. The van der Waals surface area contributed by atoms with E-state index in [0.29, 0.717) is 10.5 Å². The average molecular weight is 296 g/mol. The largest absolute Gasteiger partial charge is 0.480 e. The zero-order valence-corrected chi connectivity index (χ0v) is 11.0. The molecular weight excluding hydrogens is 284 g/mol. The van der Waals surface area contributed by atoms with E-state index in [4.69, 9.17) is 10.2 Å². The van der Waals surface area contributed by atoms with Crippen LogP contribution in [-0.4, -0.2) is 51.0 Å². The maximum absolute atomic E-state index is 12.1. The standard InChI is InChI=1S/C12H12N2O7/c1-7-2-3-8(4-9(7)14(20)21)12(19)13(5-10(15)16)6-11(17)18/h2-4H,5-6H2,1H3,(H,15,16)(H,17,18). The van der Waals surface area contributed by atoms with E-state index in [1.165, 1.54) is 19.1 Å². The third-order valence-electron chi connectivity index (χ3n) is 2.59. The molecule has 0 atom stereocenters. The summed E-state index contributed by atoms with van der Waals surface area (Å²) >= 11 is 0. The predicted octanol–water partition coefficient (Wildman–Crippen LogP) is 0.515. The summed E-state index contributed by atoms with van der Waals surface area (Å²) in [6.45, 7) is -0.141. The van der Waals surface area contributed by atoms with Gasteiger partial charge in [-0.1, -0.05) is 6.07 Å². The van der Waals surface area contributed by atoms with Crippen molar-refractivity contribution >= 4 is 23.5 Å². The van der Waals surface area contributed by atoms with Crippen molar-refractivity contribution in [2.75, 3.05) is 13.1 Å². The molecule has 2 N–H and O–H groups in total. The van der Waals surface area contributed by atoms with Gasteiger partial charge in [-0.3, -0.25) is 24.5 Å². The molecule has 112 valence electrons. The van der Waals surface area contributed by atoms with E-state index in [-0.39, 0.29) is 11.3 Å². The molecule has 1 aromatic carbocycles. The zero-order valence-electron chi connectivity index (χ0n) is 11.0. The number of carboxylic acids is 2. The van der Waals surface area contributed by atoms with E-state index in [1.807, 2.05) is 0 Å². The van der Waals surface area contributed by atoms with Crippen molar-refractivity contribution in [1.29, 1.82) is 0 Å². The Morgan fingerprint density at radius 3 is 2.14 bits per heavy atom. The van der Waals surface area contributed by atoms with E-state index in [2.05, 4.69) is 0 Å². The Hall–Kier alpha value is -2.97. The molecule has 0 aliphatic rings. The molecular formula is C12H12N2O7. The smallest absolute Gasteiger partial charge is 0.323 e. The van der Waals surface area contributed by atoms with Crippen LogP contribution in [0, 0.1) is 17.0 Å². The highest BCUT2D eigenvalue weighted by Crippen LogP contribution is 2.20. The van der Waals surface area contributed by atoms with Gasteiger partial charge in [-0.2, -0.15) is 0 Å². The number of aliphatic carboxylic acids is 2. The Bertz CT molecular complexity index is 596. The lowest BCUT2D eigenvalue weighted by Gasteiger charge is -2.18. The van der Waals surface area contributed by atoms with Gasteiger partial charge in [0.05, 0.1) is 4.92 Å². The number of aryl methyl sites for hydroxylation is 1. The number of hydrogen-bond acceptors (Lipinski definition) is 5. The summed E-state index contributed by atoms with van der Waals surface area (Å²) in [6.07, 6.45) is 0. The lowest BCUT2D eigenvalue weighted by molar-refractivity contribution is -0.385. The van der Waals surface area contributed by atoms with Crippen molar-refractivity contribution in [3.63, 3.8) is 0 Å². The van der Waals surface area contributed by atoms with Crippen LogP contribution in [0.25, 0.3) is 0 Å². The lowest BCUT2D eigenvalue weighted by Crippen LogP contribution is -2.39. The minimum Gasteiger partial charge on any atom is -0.480 e. The third-order valence-corrected chi connectivity index (χ3v) is 2.59. The van der Waals surface area contributed by atoms with Crippen LogP contribution in [0.4, 0.5) is 5.69 Å². The summed E-state index contributed by atoms with van der Waals surface area (Å²) in [6, 6.07) is 3.61. The van der Waals surface area contributed by atoms with Crippen LogP contribution in [0.3, 0.4) is 0 Å². The quantitative estimate of drug-likeness (QED) is 0.576. The molecule has 0 fully saturated rings. The summed E-state index contributed by atoms with van der Waals surface area (Å²) in [4.78, 5) is 44.1. The van der Waals surface area contributed by atoms with Gasteiger partial charge in [-0.25, -0.2) is 0 Å². The Morgan fingerprint density at radius 2 is 1.71 bits per heavy atom. The van der Waals surface area contributed by atoms with E-state index in [1.54, 1.807) is 0 Å². The number of benzene rings is 1. The van der Waals surface area contributed by atoms with E-state index in [0.717, 1.165) is 6.07 Å². The van der Waals surface area contributed by atoms with Crippen molar-refractivity contribution in [3.8, 4) is 0 Å². The molecule has 0 bridgehead atoms. The van der Waals surface area contributed by atoms with Gasteiger partial charge in [0.15, 0.2) is 0 Å². The first kappa shape index (κ1) is 16.1. The Labute approximate surface area is 118 Å². The molecule has 1 aromatic rings. The van der Waals surface area contributed by atoms with Crippen molar-refractivity contribution in [3.05, 3.63) is 39.4 Å². The maximum Gasteiger partial charge on any atom is 0.323 e. The number of hydrogen-bond donors (Lipinski definition) is 2. The van der Waals surface area contributed by atoms with Gasteiger partial charge in [0.1, 0.15) is 13.1 Å². The average Bonchev–Trinajstić information content (AvgIpc) is 2.36. The molecule has 21 heavy (non-hydrogen) atoms. The van der Waals surface area contributed by atoms with Gasteiger partial charge < -0.3 is 15.1 Å². The Balaban J connectivity index is 3.13. The normalized spacial score (nSPS) is 9.95. The van der Waals surface area contributed by atoms with Crippen LogP contribution in [-0.2, 0) is 9.59 Å². The molecule has 9 heteroatoms. The van der Waals surface area contributed by atoms with Gasteiger partial charge in [-0.15, -0.1) is 0 Å². The van der Waals surface area contributed by atoms with Crippen molar-refractivity contribution in [1.82, 2.24) is 4.90 Å². The second-order valence-corrected chi connectivity index (χ2v) is 4.21. The second kappa shape index (κ2) is 6.46. The SMILES string of the molecule is Cc1ccc(C(=O)N(CC(=O)O)CC(=O)O)cc1[N+](=O)[O-]. The molecule has 9 nitrogen and oxygen atoms in total. The first-order valence-electron chi connectivity index (χ1n) is 5.70. The topological polar surface area (TPSA) is 138 Å². The first-order valence-corrected chi connectivity index (χ1v) is 5.70. The predicted molar refractivity (Wildman–Crippen MR) is 69.0 cm³/mol. The van der Waals surface area contributed by atoms with Crippen LogP contribution >= 0.6 is 0 Å². The van der Waals surface area contributed by atoms with Crippen LogP contribution in [0.1, 0.15) is 15.9 Å². The van der Waals surface area contributed by atoms with Crippen molar-refractivity contribution in [2.45, 2.75) is 6.92 Å². The number of carboxylic acid groups (broad SMARTS) is 2. The van der Waals surface area contributed by atoms with Gasteiger partial charge in [0.2, 0.25) is 0 Å². The molecule has 1 amide bonds. The monoisotopic (exact) mass is 296 g/mol. The summed E-state index contributed by atoms with van der Waals surface area (Å²) < 4.78 is 0. The van der Waals surface area contributed by atoms with Gasteiger partial charge in [0.25, 0.3) is 11.6 Å². The van der Waals surface area contributed by atoms with Crippen LogP contribution in [0.5, 0.6) is 0 Å². The van der Waals surface area contributed by atoms with Gasteiger partial charge in [-0.05, 0) is 13.0 Å². The summed E-state index contributed by atoms with van der Waals surface area (Å²) in [7, 11) is 0. The van der Waals surface area contributed by atoms with E-state index < -0.39 is 35.9 Å². The zero-order chi connectivity index (χ0) is 16.2. The highest BCUT2D eigenvalue weighted by molar-refractivity contribution is 5.98. The molecule has 0 radical (unpaired) electrons. The highest BCUT2D eigenvalue weighted by Gasteiger charge is 2.23. The Morgan fingerprint density at radius 1 is 1.19 bits per heavy atom. The van der Waals surface area contributed by atoms with Crippen LogP contribution in [0.2, 0.25) is 0 Å². The minimum absolute atomic E-state index is 0.144. The van der Waals surface area contributed by atoms with Gasteiger partial charge in [0, 0.05) is 17.2 Å². The molecule has 0 spiro atoms. The molecule has 0 aliphatic carbocycles. The fourth-order valence-corrected chi connectivity index (χ4v) is 1.65. The van der Waals surface area contributed by atoms with Gasteiger partial charge >= 0.3 is 11.9 Å². The summed E-state index contributed by atoms with van der Waals surface area (Å²) in [5.41, 5.74) is -0.110. The van der Waals surface area contributed by atoms with Crippen LogP contribution in [0.15, 0.2) is 18.2 Å². The first-order chi connectivity index (χ1) is 9.72. The lowest BCUT2D eigenvalue weighted by atomic mass is 10.1. The summed E-state index contributed by atoms with van der Waals surface area (Å²) in [5.74, 6) is -3.67. The second-order valence-electron chi connectivity index (χ2n) is 4.21. The fraction of sp³-hybridized carbons (Fsp3) is 0.250. The number of rotatable bonds is 6. The number of nitrogens with zero attached hydrogens (tertiary/aromatic N) is 2. The molecule has 0 heterocycles. The van der Waals surface area contributed by atoms with Crippen molar-refractivity contribution in [2.24, 2.45) is 0 Å². The maximum atomic E-state index is 12.1.